The van der Waals surface area contributed by atoms with Gasteiger partial charge in [0.05, 0.1) is 36.4 Å². The SMILES string of the molecule is CON1C(C)(C)c2ccc(-c3c4ccccc4c(-c4ccc5c(c4)C(C)(C)N(OC)C5(C)C)c4cc(C)ccc34)cc2C1(C)C. The number of nitrogens with zero attached hydrogens (tertiary/aromatic N) is 2. The Hall–Kier alpha value is -3.54. The molecule has 4 heteroatoms. The van der Waals surface area contributed by atoms with Crippen LogP contribution in [0, 0.1) is 6.92 Å². The van der Waals surface area contributed by atoms with Crippen LogP contribution >= 0.6 is 0 Å². The van der Waals surface area contributed by atoms with Crippen LogP contribution in [0.5, 0.6) is 0 Å². The number of hydrogen-bond acceptors (Lipinski definition) is 4. The van der Waals surface area contributed by atoms with Crippen molar-refractivity contribution in [1.29, 1.82) is 0 Å². The summed E-state index contributed by atoms with van der Waals surface area (Å²) >= 11 is 0. The van der Waals surface area contributed by atoms with E-state index in [-0.39, 0.29) is 22.2 Å². The first-order chi connectivity index (χ1) is 21.2. The Balaban J connectivity index is 1.53. The summed E-state index contributed by atoms with van der Waals surface area (Å²) in [7, 11) is 3.57. The summed E-state index contributed by atoms with van der Waals surface area (Å²) in [4.78, 5) is 12.0. The number of aryl methyl sites for hydroxylation is 1. The third-order valence-corrected chi connectivity index (χ3v) is 10.8. The zero-order valence-electron chi connectivity index (χ0n) is 28.7. The van der Waals surface area contributed by atoms with Crippen molar-refractivity contribution in [2.45, 2.75) is 84.5 Å². The standard InChI is InChI=1S/C41H46N2O2/c1-25-16-19-30-31(22-25)37(27-18-21-33-35(24-27)41(8,9)43(45-11)39(33,4)5)29-15-13-12-14-28(29)36(30)26-17-20-32-34(23-26)40(6,7)42(44-10)38(32,2)3/h12-24H,1-11H3. The van der Waals surface area contributed by atoms with Crippen LogP contribution in [0.1, 0.15) is 83.2 Å². The van der Waals surface area contributed by atoms with Crippen molar-refractivity contribution >= 4 is 21.5 Å². The zero-order chi connectivity index (χ0) is 32.3. The van der Waals surface area contributed by atoms with Crippen LogP contribution in [-0.2, 0) is 31.8 Å². The molecule has 5 aromatic carbocycles. The van der Waals surface area contributed by atoms with E-state index in [1.807, 2.05) is 0 Å². The minimum Gasteiger partial charge on any atom is -0.301 e. The number of hydroxylamine groups is 4. The van der Waals surface area contributed by atoms with Crippen molar-refractivity contribution in [3.05, 3.63) is 107 Å². The smallest absolute Gasteiger partial charge is 0.0668 e. The van der Waals surface area contributed by atoms with Crippen molar-refractivity contribution in [3.8, 4) is 22.3 Å². The van der Waals surface area contributed by atoms with Gasteiger partial charge in [-0.25, -0.2) is 0 Å². The average Bonchev–Trinajstić information content (AvgIpc) is 3.25. The molecule has 2 aliphatic rings. The lowest BCUT2D eigenvalue weighted by Gasteiger charge is -2.38. The molecule has 0 unspecified atom stereocenters. The van der Waals surface area contributed by atoms with E-state index in [9.17, 15) is 0 Å². The fourth-order valence-electron chi connectivity index (χ4n) is 9.14. The Bertz CT molecular complexity index is 2020. The van der Waals surface area contributed by atoms with Crippen LogP contribution in [-0.4, -0.2) is 24.3 Å². The van der Waals surface area contributed by atoms with Gasteiger partial charge in [-0.05, 0) is 140 Å². The van der Waals surface area contributed by atoms with Gasteiger partial charge in [-0.2, -0.15) is 10.1 Å². The molecule has 0 fully saturated rings. The number of rotatable bonds is 4. The van der Waals surface area contributed by atoms with Gasteiger partial charge in [-0.1, -0.05) is 72.3 Å². The van der Waals surface area contributed by atoms with Crippen molar-refractivity contribution in [2.75, 3.05) is 14.2 Å². The maximum atomic E-state index is 5.99. The van der Waals surface area contributed by atoms with E-state index < -0.39 is 0 Å². The van der Waals surface area contributed by atoms with E-state index in [2.05, 4.69) is 151 Å². The Labute approximate surface area is 268 Å². The molecule has 0 saturated heterocycles. The van der Waals surface area contributed by atoms with Crippen LogP contribution in [0.25, 0.3) is 43.8 Å². The maximum absolute atomic E-state index is 5.99. The minimum absolute atomic E-state index is 0.231. The molecule has 0 aromatic heterocycles. The average molecular weight is 599 g/mol. The predicted molar refractivity (Wildman–Crippen MR) is 187 cm³/mol. The Kier molecular flexibility index (Phi) is 6.52. The van der Waals surface area contributed by atoms with Gasteiger partial charge in [0.2, 0.25) is 0 Å². The van der Waals surface area contributed by atoms with E-state index in [4.69, 9.17) is 9.68 Å². The molecule has 0 bridgehead atoms. The van der Waals surface area contributed by atoms with Gasteiger partial charge < -0.3 is 9.68 Å². The summed E-state index contributed by atoms with van der Waals surface area (Å²) < 4.78 is 0. The molecule has 0 aliphatic carbocycles. The molecule has 232 valence electrons. The lowest BCUT2D eigenvalue weighted by Crippen LogP contribution is -2.44. The van der Waals surface area contributed by atoms with E-state index in [1.54, 1.807) is 14.2 Å². The molecule has 0 amide bonds. The summed E-state index contributed by atoms with van der Waals surface area (Å²) in [6.07, 6.45) is 0. The summed E-state index contributed by atoms with van der Waals surface area (Å²) in [5, 5.41) is 9.36. The van der Waals surface area contributed by atoms with Crippen molar-refractivity contribution in [1.82, 2.24) is 10.1 Å². The Morgan fingerprint density at radius 2 is 0.844 bits per heavy atom. The van der Waals surface area contributed by atoms with Crippen molar-refractivity contribution < 1.29 is 9.68 Å². The molecule has 0 saturated carbocycles. The van der Waals surface area contributed by atoms with Gasteiger partial charge in [0.1, 0.15) is 0 Å². The predicted octanol–water partition coefficient (Wildman–Crippen LogP) is 10.3. The summed E-state index contributed by atoms with van der Waals surface area (Å²) in [5.41, 5.74) is 10.5. The lowest BCUT2D eigenvalue weighted by atomic mass is 9.81. The molecule has 5 aromatic rings. The van der Waals surface area contributed by atoms with Crippen molar-refractivity contribution in [2.24, 2.45) is 0 Å². The lowest BCUT2D eigenvalue weighted by molar-refractivity contribution is -0.241. The van der Waals surface area contributed by atoms with Crippen molar-refractivity contribution in [3.63, 3.8) is 0 Å². The van der Waals surface area contributed by atoms with Crippen LogP contribution < -0.4 is 0 Å². The second-order valence-electron chi connectivity index (χ2n) is 15.1. The second-order valence-corrected chi connectivity index (χ2v) is 15.1. The summed E-state index contributed by atoms with van der Waals surface area (Å²) in [6.45, 7) is 20.2. The molecule has 2 aliphatic heterocycles. The van der Waals surface area contributed by atoms with Gasteiger partial charge in [0.25, 0.3) is 0 Å². The number of fused-ring (bicyclic) bond motifs is 4. The van der Waals surface area contributed by atoms with Crippen LogP contribution in [0.2, 0.25) is 0 Å². The van der Waals surface area contributed by atoms with Gasteiger partial charge in [-0.3, -0.25) is 0 Å². The first kappa shape index (κ1) is 30.1. The fraction of sp³-hybridized carbons (Fsp3) is 0.366. The topological polar surface area (TPSA) is 24.9 Å². The van der Waals surface area contributed by atoms with Crippen LogP contribution in [0.3, 0.4) is 0 Å². The molecule has 0 atom stereocenters. The molecular formula is C41H46N2O2. The molecule has 7 rings (SSSR count). The highest BCUT2D eigenvalue weighted by molar-refractivity contribution is 6.21. The van der Waals surface area contributed by atoms with Gasteiger partial charge in [0, 0.05) is 0 Å². The maximum Gasteiger partial charge on any atom is 0.0668 e. The van der Waals surface area contributed by atoms with Gasteiger partial charge in [-0.15, -0.1) is 0 Å². The van der Waals surface area contributed by atoms with Crippen LogP contribution in [0.15, 0.2) is 78.9 Å². The summed E-state index contributed by atoms with van der Waals surface area (Å²) in [5.74, 6) is 0. The molecule has 45 heavy (non-hydrogen) atoms. The molecule has 2 heterocycles. The van der Waals surface area contributed by atoms with E-state index in [0.29, 0.717) is 0 Å². The molecule has 0 radical (unpaired) electrons. The molecule has 4 nitrogen and oxygen atoms in total. The third-order valence-electron chi connectivity index (χ3n) is 10.8. The summed E-state index contributed by atoms with van der Waals surface area (Å²) in [6, 6.07) is 30.0. The highest BCUT2D eigenvalue weighted by Gasteiger charge is 2.51. The van der Waals surface area contributed by atoms with Gasteiger partial charge >= 0.3 is 0 Å². The Morgan fingerprint density at radius 1 is 0.444 bits per heavy atom. The fourth-order valence-corrected chi connectivity index (χ4v) is 9.14. The number of hydrogen-bond donors (Lipinski definition) is 0. The minimum atomic E-state index is -0.272. The molecular weight excluding hydrogens is 552 g/mol. The largest absolute Gasteiger partial charge is 0.301 e. The monoisotopic (exact) mass is 598 g/mol. The highest BCUT2D eigenvalue weighted by atomic mass is 16.7. The van der Waals surface area contributed by atoms with E-state index >= 15 is 0 Å². The van der Waals surface area contributed by atoms with E-state index in [0.717, 1.165) is 0 Å². The molecule has 0 spiro atoms. The Morgan fingerprint density at radius 3 is 1.29 bits per heavy atom. The number of benzene rings is 5. The zero-order valence-corrected chi connectivity index (χ0v) is 28.7. The molecule has 0 N–H and O–H groups in total. The first-order valence-electron chi connectivity index (χ1n) is 16.1. The highest BCUT2D eigenvalue weighted by Crippen LogP contribution is 2.53. The van der Waals surface area contributed by atoms with Crippen LogP contribution in [0.4, 0.5) is 0 Å². The quantitative estimate of drug-likeness (QED) is 0.192. The third kappa shape index (κ3) is 3.99. The van der Waals surface area contributed by atoms with Gasteiger partial charge in [0.15, 0.2) is 0 Å². The first-order valence-corrected chi connectivity index (χ1v) is 16.1. The normalized spacial score (nSPS) is 19.7. The second kappa shape index (κ2) is 9.73. The van der Waals surface area contributed by atoms with E-state index in [1.165, 1.54) is 71.6 Å².